The van der Waals surface area contributed by atoms with Gasteiger partial charge in [-0.2, -0.15) is 0 Å². The molecule has 6 heteroatoms. The molecule has 1 fully saturated rings. The van der Waals surface area contributed by atoms with E-state index in [4.69, 9.17) is 5.73 Å². The number of ether oxygens (including phenoxy) is 1. The van der Waals surface area contributed by atoms with E-state index in [1.54, 1.807) is 0 Å². The van der Waals surface area contributed by atoms with E-state index in [-0.39, 0.29) is 36.8 Å². The van der Waals surface area contributed by atoms with Crippen molar-refractivity contribution in [3.63, 3.8) is 0 Å². The molecule has 1 unspecified atom stereocenters. The van der Waals surface area contributed by atoms with Gasteiger partial charge in [-0.3, -0.25) is 4.79 Å². The Kier molecular flexibility index (Phi) is 10.7. The maximum Gasteiger partial charge on any atom is 0.306 e. The molecule has 1 aliphatic heterocycles. The zero-order chi connectivity index (χ0) is 9.68. The highest BCUT2D eigenvalue weighted by molar-refractivity contribution is 5.85. The Morgan fingerprint density at radius 2 is 2.20 bits per heavy atom. The molecule has 15 heavy (non-hydrogen) atoms. The van der Waals surface area contributed by atoms with Crippen LogP contribution < -0.4 is 5.73 Å². The molecule has 0 aromatic heterocycles. The first-order chi connectivity index (χ1) is 6.22. The third-order valence-electron chi connectivity index (χ3n) is 2.40. The Bertz CT molecular complexity index is 181. The van der Waals surface area contributed by atoms with Crippen LogP contribution in [-0.2, 0) is 9.53 Å². The van der Waals surface area contributed by atoms with Crippen LogP contribution in [-0.4, -0.2) is 43.7 Å². The first kappa shape index (κ1) is 17.4. The van der Waals surface area contributed by atoms with Gasteiger partial charge in [0.1, 0.15) is 0 Å². The lowest BCUT2D eigenvalue weighted by Crippen LogP contribution is -2.43. The monoisotopic (exact) mass is 258 g/mol. The summed E-state index contributed by atoms with van der Waals surface area (Å²) in [5.74, 6) is -0.140. The van der Waals surface area contributed by atoms with E-state index in [2.05, 4.69) is 9.64 Å². The summed E-state index contributed by atoms with van der Waals surface area (Å²) in [5.41, 5.74) is 5.81. The summed E-state index contributed by atoms with van der Waals surface area (Å²) in [6.45, 7) is 2.75. The molecule has 0 spiro atoms. The summed E-state index contributed by atoms with van der Waals surface area (Å²) in [4.78, 5) is 13.1. The molecule has 4 nitrogen and oxygen atoms in total. The average Bonchev–Trinajstić information content (AvgIpc) is 2.14. The minimum absolute atomic E-state index is 0. The molecule has 0 bridgehead atoms. The predicted molar refractivity (Wildman–Crippen MR) is 64.8 cm³/mol. The van der Waals surface area contributed by atoms with E-state index < -0.39 is 0 Å². The second-order valence-electron chi connectivity index (χ2n) is 3.53. The number of likely N-dealkylation sites (tertiary alicyclic amines) is 1. The molecule has 1 saturated heterocycles. The Morgan fingerprint density at radius 3 is 2.73 bits per heavy atom. The zero-order valence-electron chi connectivity index (χ0n) is 8.98. The van der Waals surface area contributed by atoms with Crippen LogP contribution in [0.2, 0.25) is 0 Å². The number of esters is 1. The summed E-state index contributed by atoms with van der Waals surface area (Å²) in [6.07, 6.45) is 2.72. The summed E-state index contributed by atoms with van der Waals surface area (Å²) in [7, 11) is 1.42. The fraction of sp³-hybridized carbons (Fsp3) is 0.889. The molecule has 1 aliphatic rings. The van der Waals surface area contributed by atoms with Crippen molar-refractivity contribution < 1.29 is 9.53 Å². The van der Waals surface area contributed by atoms with Gasteiger partial charge in [-0.15, -0.1) is 24.8 Å². The van der Waals surface area contributed by atoms with E-state index in [0.29, 0.717) is 6.42 Å². The first-order valence-electron chi connectivity index (χ1n) is 4.77. The molecule has 2 N–H and O–H groups in total. The second-order valence-corrected chi connectivity index (χ2v) is 3.53. The molecule has 1 heterocycles. The number of nitrogens with two attached hydrogens (primary N) is 1. The van der Waals surface area contributed by atoms with Crippen LogP contribution in [0.1, 0.15) is 19.3 Å². The Hall–Kier alpha value is -0.0300. The van der Waals surface area contributed by atoms with Crippen LogP contribution in [0.4, 0.5) is 0 Å². The Morgan fingerprint density at radius 1 is 1.53 bits per heavy atom. The maximum absolute atomic E-state index is 10.9. The standard InChI is InChI=1S/C9H18N2O2.2ClH/c1-13-9(12)4-6-11-5-2-3-8(10)7-11;;/h8H,2-7,10H2,1H3;2*1H. The highest BCUT2D eigenvalue weighted by Gasteiger charge is 2.16. The molecule has 0 amide bonds. The molecule has 0 aliphatic carbocycles. The number of halogens is 2. The molecule has 92 valence electrons. The SMILES string of the molecule is COC(=O)CCN1CCCC(N)C1.Cl.Cl. The van der Waals surface area contributed by atoms with Gasteiger partial charge in [0.25, 0.3) is 0 Å². The molecular weight excluding hydrogens is 239 g/mol. The minimum Gasteiger partial charge on any atom is -0.469 e. The first-order valence-corrected chi connectivity index (χ1v) is 4.77. The third-order valence-corrected chi connectivity index (χ3v) is 2.40. The van der Waals surface area contributed by atoms with Gasteiger partial charge in [0.05, 0.1) is 13.5 Å². The Balaban J connectivity index is 0. The smallest absolute Gasteiger partial charge is 0.306 e. The van der Waals surface area contributed by atoms with Crippen LogP contribution in [0.15, 0.2) is 0 Å². The van der Waals surface area contributed by atoms with Crippen molar-refractivity contribution in [2.75, 3.05) is 26.7 Å². The van der Waals surface area contributed by atoms with Crippen molar-refractivity contribution in [1.82, 2.24) is 4.90 Å². The molecule has 0 radical (unpaired) electrons. The van der Waals surface area contributed by atoms with Gasteiger partial charge in [0.2, 0.25) is 0 Å². The van der Waals surface area contributed by atoms with Crippen molar-refractivity contribution in [2.45, 2.75) is 25.3 Å². The van der Waals surface area contributed by atoms with Gasteiger partial charge in [-0.05, 0) is 19.4 Å². The maximum atomic E-state index is 10.9. The molecule has 0 aromatic carbocycles. The van der Waals surface area contributed by atoms with E-state index in [0.717, 1.165) is 32.5 Å². The molecule has 0 saturated carbocycles. The van der Waals surface area contributed by atoms with Crippen molar-refractivity contribution >= 4 is 30.8 Å². The molecular formula is C9H20Cl2N2O2. The number of carbonyl (C=O) groups is 1. The van der Waals surface area contributed by atoms with Crippen LogP contribution >= 0.6 is 24.8 Å². The number of carbonyl (C=O) groups excluding carboxylic acids is 1. The number of hydrogen-bond acceptors (Lipinski definition) is 4. The zero-order valence-corrected chi connectivity index (χ0v) is 10.6. The van der Waals surface area contributed by atoms with Crippen molar-refractivity contribution in [1.29, 1.82) is 0 Å². The number of piperidine rings is 1. The van der Waals surface area contributed by atoms with Gasteiger partial charge in [0.15, 0.2) is 0 Å². The third kappa shape index (κ3) is 6.95. The number of hydrogen-bond donors (Lipinski definition) is 1. The predicted octanol–water partition coefficient (Wildman–Crippen LogP) is 0.816. The van der Waals surface area contributed by atoms with E-state index in [1.165, 1.54) is 7.11 Å². The number of methoxy groups -OCH3 is 1. The minimum atomic E-state index is -0.140. The van der Waals surface area contributed by atoms with Crippen LogP contribution in [0.3, 0.4) is 0 Å². The lowest BCUT2D eigenvalue weighted by molar-refractivity contribution is -0.141. The summed E-state index contributed by atoms with van der Waals surface area (Å²) < 4.78 is 4.57. The average molecular weight is 259 g/mol. The van der Waals surface area contributed by atoms with E-state index >= 15 is 0 Å². The topological polar surface area (TPSA) is 55.6 Å². The lowest BCUT2D eigenvalue weighted by Gasteiger charge is -2.30. The van der Waals surface area contributed by atoms with Gasteiger partial charge < -0.3 is 15.4 Å². The van der Waals surface area contributed by atoms with Gasteiger partial charge >= 0.3 is 5.97 Å². The highest BCUT2D eigenvalue weighted by Crippen LogP contribution is 2.08. The fourth-order valence-electron chi connectivity index (χ4n) is 1.65. The quantitative estimate of drug-likeness (QED) is 0.762. The summed E-state index contributed by atoms with van der Waals surface area (Å²) in [6, 6.07) is 0.284. The van der Waals surface area contributed by atoms with Crippen LogP contribution in [0.5, 0.6) is 0 Å². The number of nitrogens with zero attached hydrogens (tertiary/aromatic N) is 1. The molecule has 1 atom stereocenters. The number of rotatable bonds is 3. The van der Waals surface area contributed by atoms with Crippen molar-refractivity contribution in [3.8, 4) is 0 Å². The van der Waals surface area contributed by atoms with Gasteiger partial charge in [0, 0.05) is 19.1 Å². The largest absolute Gasteiger partial charge is 0.469 e. The Labute approximate surface area is 103 Å². The second kappa shape index (κ2) is 9.21. The van der Waals surface area contributed by atoms with E-state index in [1.807, 2.05) is 0 Å². The van der Waals surface area contributed by atoms with Crippen molar-refractivity contribution in [2.24, 2.45) is 5.73 Å². The normalized spacial score (nSPS) is 21.1. The lowest BCUT2D eigenvalue weighted by atomic mass is 10.1. The van der Waals surface area contributed by atoms with Gasteiger partial charge in [-0.1, -0.05) is 0 Å². The van der Waals surface area contributed by atoms with E-state index in [9.17, 15) is 4.79 Å². The van der Waals surface area contributed by atoms with Crippen LogP contribution in [0, 0.1) is 0 Å². The molecule has 0 aromatic rings. The van der Waals surface area contributed by atoms with Crippen LogP contribution in [0.25, 0.3) is 0 Å². The van der Waals surface area contributed by atoms with Crippen molar-refractivity contribution in [3.05, 3.63) is 0 Å². The highest BCUT2D eigenvalue weighted by atomic mass is 35.5. The van der Waals surface area contributed by atoms with Gasteiger partial charge in [-0.25, -0.2) is 0 Å². The molecule has 1 rings (SSSR count). The summed E-state index contributed by atoms with van der Waals surface area (Å²) in [5, 5.41) is 0. The summed E-state index contributed by atoms with van der Waals surface area (Å²) >= 11 is 0. The fourth-order valence-corrected chi connectivity index (χ4v) is 1.65.